The van der Waals surface area contributed by atoms with E-state index in [9.17, 15) is 4.79 Å². The predicted molar refractivity (Wildman–Crippen MR) is 63.9 cm³/mol. The molecule has 0 saturated heterocycles. The zero-order chi connectivity index (χ0) is 12.2. The summed E-state index contributed by atoms with van der Waals surface area (Å²) in [6.07, 6.45) is 4.30. The van der Waals surface area contributed by atoms with Crippen LogP contribution in [0.5, 0.6) is 0 Å². The molecule has 0 aromatic rings. The molecule has 16 heavy (non-hydrogen) atoms. The van der Waals surface area contributed by atoms with Crippen LogP contribution in [0.4, 0.5) is 0 Å². The van der Waals surface area contributed by atoms with E-state index in [1.807, 2.05) is 13.8 Å². The monoisotopic (exact) mass is 228 g/mol. The van der Waals surface area contributed by atoms with Crippen molar-refractivity contribution >= 4 is 5.91 Å². The van der Waals surface area contributed by atoms with E-state index < -0.39 is 0 Å². The average molecular weight is 228 g/mol. The van der Waals surface area contributed by atoms with Gasteiger partial charge in [0.25, 0.3) is 0 Å². The fraction of sp³-hybridized carbons (Fsp3) is 0.917. The maximum absolute atomic E-state index is 12.0. The highest BCUT2D eigenvalue weighted by atomic mass is 16.3. The van der Waals surface area contributed by atoms with Gasteiger partial charge >= 0.3 is 0 Å². The largest absolute Gasteiger partial charge is 0.396 e. The van der Waals surface area contributed by atoms with Crippen LogP contribution in [0.2, 0.25) is 0 Å². The number of hydrogen-bond acceptors (Lipinski definition) is 3. The van der Waals surface area contributed by atoms with Crippen molar-refractivity contribution in [2.45, 2.75) is 57.5 Å². The van der Waals surface area contributed by atoms with Crippen LogP contribution in [0.15, 0.2) is 0 Å². The summed E-state index contributed by atoms with van der Waals surface area (Å²) in [5.74, 6) is 0.0207. The number of carbonyl (C=O) groups is 1. The molecule has 0 aliphatic heterocycles. The van der Waals surface area contributed by atoms with Gasteiger partial charge in [-0.1, -0.05) is 13.3 Å². The summed E-state index contributed by atoms with van der Waals surface area (Å²) >= 11 is 0. The molecule has 3 unspecified atom stereocenters. The molecule has 4 N–H and O–H groups in total. The molecule has 0 spiro atoms. The highest BCUT2D eigenvalue weighted by molar-refractivity contribution is 5.80. The standard InChI is InChI=1S/C12H24N2O2/c1-3-12(2,7-8-15)14-11(16)9-5-4-6-10(9)13/h9-10,15H,3-8,13H2,1-2H3,(H,14,16). The lowest BCUT2D eigenvalue weighted by molar-refractivity contribution is -0.127. The van der Waals surface area contributed by atoms with Gasteiger partial charge in [0.2, 0.25) is 5.91 Å². The second-order valence-corrected chi connectivity index (χ2v) is 5.08. The van der Waals surface area contributed by atoms with E-state index in [1.165, 1.54) is 0 Å². The van der Waals surface area contributed by atoms with E-state index >= 15 is 0 Å². The fourth-order valence-electron chi connectivity index (χ4n) is 2.28. The maximum atomic E-state index is 12.0. The lowest BCUT2D eigenvalue weighted by Crippen LogP contribution is -2.50. The van der Waals surface area contributed by atoms with Crippen LogP contribution in [0.3, 0.4) is 0 Å². The van der Waals surface area contributed by atoms with Crippen molar-refractivity contribution in [2.24, 2.45) is 11.7 Å². The highest BCUT2D eigenvalue weighted by Gasteiger charge is 2.33. The number of rotatable bonds is 5. The van der Waals surface area contributed by atoms with Crippen molar-refractivity contribution in [1.29, 1.82) is 0 Å². The van der Waals surface area contributed by atoms with Gasteiger partial charge < -0.3 is 16.2 Å². The van der Waals surface area contributed by atoms with Crippen LogP contribution >= 0.6 is 0 Å². The summed E-state index contributed by atoms with van der Waals surface area (Å²) in [5.41, 5.74) is 5.61. The first-order valence-electron chi connectivity index (χ1n) is 6.21. The number of nitrogens with one attached hydrogen (secondary N) is 1. The lowest BCUT2D eigenvalue weighted by Gasteiger charge is -2.31. The molecule has 0 heterocycles. The predicted octanol–water partition coefficient (Wildman–Crippen LogP) is 0.781. The molecule has 94 valence electrons. The molecule has 1 saturated carbocycles. The first kappa shape index (κ1) is 13.5. The van der Waals surface area contributed by atoms with Crippen molar-refractivity contribution in [2.75, 3.05) is 6.61 Å². The maximum Gasteiger partial charge on any atom is 0.225 e. The Morgan fingerprint density at radius 3 is 2.69 bits per heavy atom. The molecule has 1 aliphatic rings. The van der Waals surface area contributed by atoms with Gasteiger partial charge in [0.1, 0.15) is 0 Å². The van der Waals surface area contributed by atoms with Crippen molar-refractivity contribution < 1.29 is 9.90 Å². The van der Waals surface area contributed by atoms with E-state index in [0.717, 1.165) is 25.7 Å². The number of carbonyl (C=O) groups excluding carboxylic acids is 1. The van der Waals surface area contributed by atoms with Gasteiger partial charge in [0.05, 0.1) is 5.92 Å². The zero-order valence-electron chi connectivity index (χ0n) is 10.3. The van der Waals surface area contributed by atoms with Crippen LogP contribution in [0, 0.1) is 5.92 Å². The number of aliphatic hydroxyl groups excluding tert-OH is 1. The lowest BCUT2D eigenvalue weighted by atomic mass is 9.93. The smallest absolute Gasteiger partial charge is 0.225 e. The second-order valence-electron chi connectivity index (χ2n) is 5.08. The molecule has 1 aliphatic carbocycles. The number of hydrogen-bond donors (Lipinski definition) is 3. The Morgan fingerprint density at radius 1 is 1.56 bits per heavy atom. The van der Waals surface area contributed by atoms with Gasteiger partial charge in [-0.05, 0) is 32.6 Å². The minimum absolute atomic E-state index is 0.00947. The van der Waals surface area contributed by atoms with E-state index in [-0.39, 0.29) is 30.0 Å². The second kappa shape index (κ2) is 5.64. The van der Waals surface area contributed by atoms with Crippen molar-refractivity contribution in [3.05, 3.63) is 0 Å². The Kier molecular flexibility index (Phi) is 4.74. The van der Waals surface area contributed by atoms with E-state index in [0.29, 0.717) is 6.42 Å². The third kappa shape index (κ3) is 3.19. The zero-order valence-corrected chi connectivity index (χ0v) is 10.3. The molecule has 0 aromatic heterocycles. The topological polar surface area (TPSA) is 75.3 Å². The Balaban J connectivity index is 2.54. The van der Waals surface area contributed by atoms with Crippen LogP contribution in [0.1, 0.15) is 46.0 Å². The van der Waals surface area contributed by atoms with Gasteiger partial charge in [-0.15, -0.1) is 0 Å². The van der Waals surface area contributed by atoms with Crippen LogP contribution < -0.4 is 11.1 Å². The number of nitrogens with two attached hydrogens (primary N) is 1. The Labute approximate surface area is 97.6 Å². The first-order chi connectivity index (χ1) is 7.52. The van der Waals surface area contributed by atoms with Gasteiger partial charge in [-0.2, -0.15) is 0 Å². The molecule has 1 fully saturated rings. The summed E-state index contributed by atoms with van der Waals surface area (Å²) in [7, 11) is 0. The van der Waals surface area contributed by atoms with E-state index in [2.05, 4.69) is 5.32 Å². The van der Waals surface area contributed by atoms with Gasteiger partial charge in [0, 0.05) is 18.2 Å². The van der Waals surface area contributed by atoms with Gasteiger partial charge in [0.15, 0.2) is 0 Å². The Bertz CT molecular complexity index is 245. The van der Waals surface area contributed by atoms with Crippen molar-refractivity contribution in [1.82, 2.24) is 5.32 Å². The quantitative estimate of drug-likeness (QED) is 0.651. The number of aliphatic hydroxyl groups is 1. The number of amides is 1. The highest BCUT2D eigenvalue weighted by Crippen LogP contribution is 2.25. The third-order valence-electron chi connectivity index (χ3n) is 3.78. The van der Waals surface area contributed by atoms with Gasteiger partial charge in [-0.3, -0.25) is 4.79 Å². The van der Waals surface area contributed by atoms with E-state index in [4.69, 9.17) is 10.8 Å². The molecule has 0 bridgehead atoms. The van der Waals surface area contributed by atoms with Crippen molar-refractivity contribution in [3.8, 4) is 0 Å². The van der Waals surface area contributed by atoms with Crippen LogP contribution in [0.25, 0.3) is 0 Å². The van der Waals surface area contributed by atoms with E-state index in [1.54, 1.807) is 0 Å². The summed E-state index contributed by atoms with van der Waals surface area (Å²) in [6.45, 7) is 4.09. The summed E-state index contributed by atoms with van der Waals surface area (Å²) in [6, 6.07) is 0.00947. The van der Waals surface area contributed by atoms with Gasteiger partial charge in [-0.25, -0.2) is 0 Å². The molecule has 1 amide bonds. The SMILES string of the molecule is CCC(C)(CCO)NC(=O)C1CCCC1N. The Hall–Kier alpha value is -0.610. The minimum Gasteiger partial charge on any atom is -0.396 e. The molecule has 3 atom stereocenters. The first-order valence-corrected chi connectivity index (χ1v) is 6.21. The summed E-state index contributed by atoms with van der Waals surface area (Å²) in [4.78, 5) is 12.0. The molecule has 0 aromatic carbocycles. The third-order valence-corrected chi connectivity index (χ3v) is 3.78. The molecule has 4 nitrogen and oxygen atoms in total. The van der Waals surface area contributed by atoms with Crippen molar-refractivity contribution in [3.63, 3.8) is 0 Å². The average Bonchev–Trinajstić information content (AvgIpc) is 2.65. The molecular formula is C12H24N2O2. The molecule has 1 rings (SSSR count). The van der Waals surface area contributed by atoms with Crippen LogP contribution in [-0.2, 0) is 4.79 Å². The molecule has 4 heteroatoms. The molecular weight excluding hydrogens is 204 g/mol. The normalized spacial score (nSPS) is 28.8. The summed E-state index contributed by atoms with van der Waals surface area (Å²) in [5, 5.41) is 12.0. The van der Waals surface area contributed by atoms with Crippen LogP contribution in [-0.4, -0.2) is 29.2 Å². The molecule has 0 radical (unpaired) electrons. The fourth-order valence-corrected chi connectivity index (χ4v) is 2.28. The summed E-state index contributed by atoms with van der Waals surface area (Å²) < 4.78 is 0. The minimum atomic E-state index is -0.297. The Morgan fingerprint density at radius 2 is 2.25 bits per heavy atom.